The van der Waals surface area contributed by atoms with Crippen molar-refractivity contribution in [1.29, 1.82) is 0 Å². The van der Waals surface area contributed by atoms with Gasteiger partial charge in [0.05, 0.1) is 21.3 Å². The normalized spacial score (nSPS) is 15.9. The molecule has 9 nitrogen and oxygen atoms in total. The highest BCUT2D eigenvalue weighted by Crippen LogP contribution is 2.37. The Kier molecular flexibility index (Phi) is 5.71. The molecule has 1 N–H and O–H groups in total. The van der Waals surface area contributed by atoms with Crippen molar-refractivity contribution in [3.8, 4) is 0 Å². The molecule has 3 heterocycles. The Bertz CT molecular complexity index is 1540. The van der Waals surface area contributed by atoms with Gasteiger partial charge in [-0.2, -0.15) is 5.01 Å². The van der Waals surface area contributed by atoms with Crippen LogP contribution in [-0.2, 0) is 4.74 Å². The number of nitrogens with zero attached hydrogens (tertiary/aromatic N) is 4. The summed E-state index contributed by atoms with van der Waals surface area (Å²) < 4.78 is 6.48. The summed E-state index contributed by atoms with van der Waals surface area (Å²) in [6, 6.07) is 16.9. The van der Waals surface area contributed by atoms with Crippen molar-refractivity contribution in [3.63, 3.8) is 0 Å². The second kappa shape index (κ2) is 8.98. The number of para-hydroxylation sites is 1. The van der Waals surface area contributed by atoms with Gasteiger partial charge >= 0.3 is 6.09 Å². The van der Waals surface area contributed by atoms with Gasteiger partial charge in [-0.25, -0.2) is 9.78 Å². The number of benzene rings is 3. The molecule has 1 saturated heterocycles. The lowest BCUT2D eigenvalue weighted by atomic mass is 9.93. The fraction of sp³-hybridized carbons (Fsp3) is 0.286. The summed E-state index contributed by atoms with van der Waals surface area (Å²) in [7, 11) is 0. The summed E-state index contributed by atoms with van der Waals surface area (Å²) >= 11 is 1.38. The number of nitrogens with one attached hydrogen (secondary N) is 1. The smallest absolute Gasteiger partial charge is 0.410 e. The predicted molar refractivity (Wildman–Crippen MR) is 148 cm³/mol. The highest BCUT2D eigenvalue weighted by Gasteiger charge is 2.35. The Morgan fingerprint density at radius 3 is 2.34 bits per heavy atom. The van der Waals surface area contributed by atoms with Gasteiger partial charge in [0.15, 0.2) is 0 Å². The number of aromatic nitrogens is 1. The topological polar surface area (TPSA) is 95.1 Å². The Morgan fingerprint density at radius 2 is 1.63 bits per heavy atom. The number of hydrogen-bond donors (Lipinski definition) is 1. The van der Waals surface area contributed by atoms with Gasteiger partial charge in [-0.3, -0.25) is 15.0 Å². The zero-order valence-electron chi connectivity index (χ0n) is 21.4. The van der Waals surface area contributed by atoms with E-state index in [0.29, 0.717) is 47.8 Å². The van der Waals surface area contributed by atoms with Gasteiger partial charge in [0, 0.05) is 42.6 Å². The van der Waals surface area contributed by atoms with Crippen LogP contribution in [0, 0.1) is 0 Å². The number of carbonyl (C=O) groups is 3. The molecular formula is C28H27N5O4S. The minimum atomic E-state index is -0.542. The van der Waals surface area contributed by atoms with Crippen molar-refractivity contribution in [2.24, 2.45) is 0 Å². The molecule has 0 aliphatic carbocycles. The van der Waals surface area contributed by atoms with Crippen LogP contribution in [0.2, 0.25) is 0 Å². The maximum Gasteiger partial charge on any atom is 0.410 e. The first kappa shape index (κ1) is 24.2. The van der Waals surface area contributed by atoms with Crippen LogP contribution < -0.4 is 10.3 Å². The SMILES string of the molecule is CC(C)(C)OC(=O)N1CCN(c2ccc3c4c(cccc24)C(=O)N(Nc2nc4ccccc4s2)C3=O)CC1. The first-order valence-electron chi connectivity index (χ1n) is 12.5. The summed E-state index contributed by atoms with van der Waals surface area (Å²) in [6.45, 7) is 7.85. The van der Waals surface area contributed by atoms with Crippen LogP contribution in [0.3, 0.4) is 0 Å². The maximum absolute atomic E-state index is 13.5. The quantitative estimate of drug-likeness (QED) is 0.368. The number of hydrazine groups is 1. The monoisotopic (exact) mass is 529 g/mol. The molecule has 0 spiro atoms. The lowest BCUT2D eigenvalue weighted by Gasteiger charge is -2.37. The third-order valence-electron chi connectivity index (χ3n) is 6.66. The molecule has 4 aromatic rings. The van der Waals surface area contributed by atoms with E-state index in [-0.39, 0.29) is 6.09 Å². The van der Waals surface area contributed by atoms with Crippen LogP contribution in [0.5, 0.6) is 0 Å². The fourth-order valence-electron chi connectivity index (χ4n) is 4.93. The molecular weight excluding hydrogens is 502 g/mol. The average Bonchev–Trinajstić information content (AvgIpc) is 3.31. The lowest BCUT2D eigenvalue weighted by Crippen LogP contribution is -2.50. The van der Waals surface area contributed by atoms with Crippen LogP contribution in [-0.4, -0.2) is 64.6 Å². The van der Waals surface area contributed by atoms with E-state index in [9.17, 15) is 14.4 Å². The molecule has 194 valence electrons. The highest BCUT2D eigenvalue weighted by molar-refractivity contribution is 7.22. The number of rotatable bonds is 3. The average molecular weight is 530 g/mol. The molecule has 0 bridgehead atoms. The molecule has 2 aliphatic heterocycles. The first-order valence-corrected chi connectivity index (χ1v) is 13.3. The second-order valence-electron chi connectivity index (χ2n) is 10.4. The molecule has 3 amide bonds. The molecule has 1 aromatic heterocycles. The minimum absolute atomic E-state index is 0.314. The summed E-state index contributed by atoms with van der Waals surface area (Å²) in [4.78, 5) is 47.9. The van der Waals surface area contributed by atoms with Crippen molar-refractivity contribution >= 4 is 61.1 Å². The van der Waals surface area contributed by atoms with Crippen molar-refractivity contribution in [2.75, 3.05) is 36.5 Å². The van der Waals surface area contributed by atoms with E-state index in [4.69, 9.17) is 4.74 Å². The number of imide groups is 1. The molecule has 0 atom stereocenters. The zero-order chi connectivity index (χ0) is 26.6. The number of thiazole rings is 1. The van der Waals surface area contributed by atoms with Gasteiger partial charge in [-0.15, -0.1) is 0 Å². The van der Waals surface area contributed by atoms with E-state index >= 15 is 0 Å². The Hall–Kier alpha value is -4.18. The predicted octanol–water partition coefficient (Wildman–Crippen LogP) is 5.13. The maximum atomic E-state index is 13.5. The second-order valence-corrected chi connectivity index (χ2v) is 11.4. The van der Waals surface area contributed by atoms with E-state index in [0.717, 1.165) is 26.3 Å². The fourth-order valence-corrected chi connectivity index (χ4v) is 5.78. The van der Waals surface area contributed by atoms with E-state index in [1.807, 2.05) is 63.2 Å². The molecule has 3 aromatic carbocycles. The Morgan fingerprint density at radius 1 is 0.921 bits per heavy atom. The van der Waals surface area contributed by atoms with Gasteiger partial charge in [0.2, 0.25) is 5.13 Å². The molecule has 1 fully saturated rings. The first-order chi connectivity index (χ1) is 18.2. The van der Waals surface area contributed by atoms with Crippen LogP contribution in [0.25, 0.3) is 21.0 Å². The summed E-state index contributed by atoms with van der Waals surface area (Å²) in [5, 5.41) is 3.01. The van der Waals surface area contributed by atoms with Gasteiger partial charge in [-0.05, 0) is 51.1 Å². The van der Waals surface area contributed by atoms with E-state index in [1.165, 1.54) is 11.3 Å². The number of fused-ring (bicyclic) bond motifs is 1. The molecule has 0 radical (unpaired) electrons. The molecule has 2 aliphatic rings. The van der Waals surface area contributed by atoms with Crippen LogP contribution in [0.15, 0.2) is 54.6 Å². The summed E-state index contributed by atoms with van der Waals surface area (Å²) in [5.74, 6) is -0.835. The van der Waals surface area contributed by atoms with Crippen LogP contribution in [0.4, 0.5) is 15.6 Å². The highest BCUT2D eigenvalue weighted by atomic mass is 32.1. The number of carbonyl (C=O) groups excluding carboxylic acids is 3. The number of anilines is 2. The van der Waals surface area contributed by atoms with E-state index in [1.54, 1.807) is 17.0 Å². The van der Waals surface area contributed by atoms with Crippen molar-refractivity contribution < 1.29 is 19.1 Å². The summed E-state index contributed by atoms with van der Waals surface area (Å²) in [5.41, 5.74) is 5.05. The lowest BCUT2D eigenvalue weighted by molar-refractivity contribution is 0.0240. The number of piperazine rings is 1. The van der Waals surface area contributed by atoms with Gasteiger partial charge in [0.25, 0.3) is 11.8 Å². The van der Waals surface area contributed by atoms with E-state index < -0.39 is 17.4 Å². The van der Waals surface area contributed by atoms with Gasteiger partial charge in [-0.1, -0.05) is 35.6 Å². The molecule has 10 heteroatoms. The van der Waals surface area contributed by atoms with Crippen molar-refractivity contribution in [1.82, 2.24) is 14.9 Å². The number of ether oxygens (including phenoxy) is 1. The summed E-state index contributed by atoms with van der Waals surface area (Å²) in [6.07, 6.45) is -0.314. The minimum Gasteiger partial charge on any atom is -0.444 e. The largest absolute Gasteiger partial charge is 0.444 e. The molecule has 38 heavy (non-hydrogen) atoms. The Labute approximate surface area is 223 Å². The molecule has 0 unspecified atom stereocenters. The van der Waals surface area contributed by atoms with E-state index in [2.05, 4.69) is 15.3 Å². The van der Waals surface area contributed by atoms with Gasteiger partial charge in [0.1, 0.15) is 5.60 Å². The zero-order valence-corrected chi connectivity index (χ0v) is 22.2. The van der Waals surface area contributed by atoms with Crippen molar-refractivity contribution in [3.05, 3.63) is 65.7 Å². The number of hydrogen-bond acceptors (Lipinski definition) is 8. The molecule has 6 rings (SSSR count). The number of amides is 3. The standard InChI is InChI=1S/C28H27N5O4S/c1-28(2,3)37-27(36)32-15-13-31(14-16-32)21-12-11-19-23-17(21)7-6-8-18(23)24(34)33(25(19)35)30-26-29-20-9-4-5-10-22(20)38-26/h4-12H,13-16H2,1-3H3,(H,29,30). The third-order valence-corrected chi connectivity index (χ3v) is 7.60. The van der Waals surface area contributed by atoms with Crippen LogP contribution >= 0.6 is 11.3 Å². The molecule has 0 saturated carbocycles. The van der Waals surface area contributed by atoms with Gasteiger partial charge < -0.3 is 14.5 Å². The third kappa shape index (κ3) is 4.20. The van der Waals surface area contributed by atoms with Crippen LogP contribution in [0.1, 0.15) is 41.5 Å². The Balaban J connectivity index is 1.27. The van der Waals surface area contributed by atoms with Crippen molar-refractivity contribution in [2.45, 2.75) is 26.4 Å².